The lowest BCUT2D eigenvalue weighted by Crippen LogP contribution is -2.60. The summed E-state index contributed by atoms with van der Waals surface area (Å²) in [6, 6.07) is 42.3. The molecule has 12 rings (SSSR count). The van der Waals surface area contributed by atoms with Crippen molar-refractivity contribution < 1.29 is 23.0 Å². The molecule has 4 heterocycles. The Balaban J connectivity index is 0.986. The van der Waals surface area contributed by atoms with Gasteiger partial charge in [0.05, 0.1) is 47.1 Å². The molecule has 0 aliphatic carbocycles. The normalized spacial score (nSPS) is 16.1. The molecule has 318 valence electrons. The van der Waals surface area contributed by atoms with E-state index in [-0.39, 0.29) is 27.9 Å². The highest BCUT2D eigenvalue weighted by Crippen LogP contribution is 2.39. The van der Waals surface area contributed by atoms with Crippen molar-refractivity contribution in [2.75, 3.05) is 4.23 Å². The number of aromatic nitrogens is 4. The smallest absolute Gasteiger partial charge is 0.269 e. The van der Waals surface area contributed by atoms with Gasteiger partial charge >= 0.3 is 0 Å². The van der Waals surface area contributed by atoms with E-state index < -0.39 is 76.9 Å². The summed E-state index contributed by atoms with van der Waals surface area (Å²) < 4.78 is 102. The molecule has 0 spiro atoms. The summed E-state index contributed by atoms with van der Waals surface area (Å²) >= 11 is 0. The fourth-order valence-electron chi connectivity index (χ4n) is 10.3. The van der Waals surface area contributed by atoms with Gasteiger partial charge in [0.2, 0.25) is 0 Å². The average molecular weight is 896 g/mol. The van der Waals surface area contributed by atoms with E-state index >= 15 is 0 Å². The Morgan fingerprint density at radius 2 is 1.15 bits per heavy atom. The molecule has 0 bridgehead atoms. The standard InChI is InChI=1S/C58H47N5OSi2/c1-65(2)55-31-15-16-32-56(55)66(3,4)63(65)44-35-36-59-57(38-44)62-51-28-12-11-25-49(51)50-34-33-46(39-54(50)62)64-45-24-17-23-43(37-45)60-40-61(53-30-14-13-29-52(53)60)58-47(41-19-7-5-8-20-41)26-18-27-48(58)42-21-9-6-10-22-42/h5-39H,1-4H3/i5D,6D,7D,8D,9D,10D,19D,20D,21D,22D. The van der Waals surface area contributed by atoms with Crippen LogP contribution in [0.15, 0.2) is 212 Å². The van der Waals surface area contributed by atoms with E-state index in [4.69, 9.17) is 23.4 Å². The van der Waals surface area contributed by atoms with Crippen molar-refractivity contribution in [2.24, 2.45) is 0 Å². The number of ether oxygens (including phenoxy) is 1. The van der Waals surface area contributed by atoms with E-state index in [2.05, 4.69) is 95.9 Å². The first-order valence-corrected chi connectivity index (χ1v) is 27.7. The van der Waals surface area contributed by atoms with Crippen molar-refractivity contribution in [3.05, 3.63) is 219 Å². The van der Waals surface area contributed by atoms with E-state index in [0.717, 1.165) is 27.6 Å². The zero-order valence-corrected chi connectivity index (χ0v) is 38.6. The lowest BCUT2D eigenvalue weighted by atomic mass is 9.95. The minimum atomic E-state index is -2.08. The number of para-hydroxylation sites is 4. The summed E-state index contributed by atoms with van der Waals surface area (Å²) in [7, 11) is -4.16. The van der Waals surface area contributed by atoms with Crippen LogP contribution in [0.4, 0.5) is 5.69 Å². The van der Waals surface area contributed by atoms with Crippen molar-refractivity contribution in [2.45, 2.75) is 26.2 Å². The molecule has 8 heteroatoms. The van der Waals surface area contributed by atoms with Crippen LogP contribution >= 0.6 is 0 Å². The van der Waals surface area contributed by atoms with E-state index in [1.807, 2.05) is 79.0 Å². The highest BCUT2D eigenvalue weighted by atomic mass is 28.4. The van der Waals surface area contributed by atoms with Crippen LogP contribution in [0.3, 0.4) is 0 Å². The predicted molar refractivity (Wildman–Crippen MR) is 276 cm³/mol. The number of benzene rings is 8. The molecule has 0 amide bonds. The third kappa shape index (κ3) is 6.36. The van der Waals surface area contributed by atoms with Gasteiger partial charge in [-0.2, -0.15) is 0 Å². The van der Waals surface area contributed by atoms with Gasteiger partial charge in [-0.3, -0.25) is 13.7 Å². The van der Waals surface area contributed by atoms with Crippen LogP contribution in [0.5, 0.6) is 11.5 Å². The Morgan fingerprint density at radius 1 is 0.545 bits per heavy atom. The van der Waals surface area contributed by atoms with Gasteiger partial charge in [0.25, 0.3) is 6.33 Å². The molecule has 0 N–H and O–H groups in total. The molecule has 0 atom stereocenters. The minimum absolute atomic E-state index is 0.128. The summed E-state index contributed by atoms with van der Waals surface area (Å²) in [4.78, 5) is 5.02. The third-order valence-corrected chi connectivity index (χ3v) is 22.8. The van der Waals surface area contributed by atoms with Crippen molar-refractivity contribution in [3.8, 4) is 50.9 Å². The van der Waals surface area contributed by atoms with Crippen LogP contribution in [0.2, 0.25) is 26.2 Å². The van der Waals surface area contributed by atoms with E-state index in [1.54, 1.807) is 27.3 Å². The zero-order valence-electron chi connectivity index (χ0n) is 46.6. The Morgan fingerprint density at radius 3 is 1.86 bits per heavy atom. The van der Waals surface area contributed by atoms with Crippen molar-refractivity contribution in [1.82, 2.24) is 14.1 Å². The molecule has 1 aliphatic heterocycles. The Hall–Kier alpha value is -7.79. The molecule has 66 heavy (non-hydrogen) atoms. The highest BCUT2D eigenvalue weighted by molar-refractivity contribution is 7.18. The first-order valence-electron chi connectivity index (χ1n) is 26.8. The number of hydrogen-bond donors (Lipinski definition) is 0. The van der Waals surface area contributed by atoms with Gasteiger partial charge in [0, 0.05) is 34.8 Å². The monoisotopic (exact) mass is 895 g/mol. The van der Waals surface area contributed by atoms with Crippen molar-refractivity contribution >= 4 is 65.4 Å². The summed E-state index contributed by atoms with van der Waals surface area (Å²) in [5.41, 5.74) is 5.22. The second-order valence-electron chi connectivity index (χ2n) is 17.5. The molecular weight excluding hydrogens is 839 g/mol. The van der Waals surface area contributed by atoms with Crippen molar-refractivity contribution in [1.29, 1.82) is 0 Å². The zero-order chi connectivity index (χ0) is 53.3. The molecular formula is C58H47N5OSi2. The average Bonchev–Trinajstić information content (AvgIpc) is 4.17. The fraction of sp³-hybridized carbons (Fsp3) is 0.0690. The fourth-order valence-corrected chi connectivity index (χ4v) is 23.0. The molecule has 11 aromatic rings. The van der Waals surface area contributed by atoms with Gasteiger partial charge in [-0.25, -0.2) is 4.98 Å². The number of hydrogen-bond acceptors (Lipinski definition) is 3. The second kappa shape index (κ2) is 15.4. The summed E-state index contributed by atoms with van der Waals surface area (Å²) in [5.74, 6) is 1.92. The van der Waals surface area contributed by atoms with Crippen LogP contribution in [0.25, 0.3) is 72.3 Å². The Bertz CT molecular complexity index is 4090. The van der Waals surface area contributed by atoms with E-state index in [0.29, 0.717) is 28.2 Å². The molecule has 1 aliphatic rings. The van der Waals surface area contributed by atoms with Crippen LogP contribution < -0.4 is 23.9 Å². The number of rotatable bonds is 8. The molecule has 0 saturated carbocycles. The first kappa shape index (κ1) is 30.4. The Kier molecular flexibility index (Phi) is 7.10. The molecule has 0 unspecified atom stereocenters. The van der Waals surface area contributed by atoms with Gasteiger partial charge in [-0.1, -0.05) is 151 Å². The third-order valence-electron chi connectivity index (χ3n) is 12.9. The van der Waals surface area contributed by atoms with Gasteiger partial charge in [-0.05, 0) is 101 Å². The minimum Gasteiger partial charge on any atom is -0.458 e. The summed E-state index contributed by atoms with van der Waals surface area (Å²) in [5, 5.41) is 5.12. The molecule has 0 fully saturated rings. The Labute approximate surface area is 401 Å². The predicted octanol–water partition coefficient (Wildman–Crippen LogP) is 12.7. The van der Waals surface area contributed by atoms with Gasteiger partial charge < -0.3 is 8.97 Å². The molecule has 8 aromatic carbocycles. The molecule has 3 aromatic heterocycles. The lowest BCUT2D eigenvalue weighted by Gasteiger charge is -2.41. The highest BCUT2D eigenvalue weighted by Gasteiger charge is 2.51. The topological polar surface area (TPSA) is 39.1 Å². The summed E-state index contributed by atoms with van der Waals surface area (Å²) in [6.07, 6.45) is 5.38. The quantitative estimate of drug-likeness (QED) is 0.0867. The van der Waals surface area contributed by atoms with Crippen LogP contribution in [-0.2, 0) is 0 Å². The van der Waals surface area contributed by atoms with Crippen molar-refractivity contribution in [3.63, 3.8) is 0 Å². The largest absolute Gasteiger partial charge is 0.458 e. The maximum Gasteiger partial charge on any atom is 0.269 e. The van der Waals surface area contributed by atoms with E-state index in [1.165, 1.54) is 16.1 Å². The molecule has 0 saturated heterocycles. The van der Waals surface area contributed by atoms with Crippen LogP contribution in [0, 0.1) is 6.33 Å². The number of fused-ring (bicyclic) bond motifs is 5. The number of pyridine rings is 1. The summed E-state index contributed by atoms with van der Waals surface area (Å²) in [6.45, 7) is 9.77. The van der Waals surface area contributed by atoms with Gasteiger partial charge in [-0.15, -0.1) is 0 Å². The molecule has 0 radical (unpaired) electrons. The number of imidazole rings is 1. The van der Waals surface area contributed by atoms with E-state index in [9.17, 15) is 0 Å². The maximum atomic E-state index is 9.05. The SMILES string of the molecule is [2H]c1c([2H])c([2H])c(-c2cccc(-c3c([2H])c([2H])c([2H])c([2H])c3[2H])c2-[n+]2[c-]n(-c3cccc(Oc4ccc5c6ccccc6n(-c6cc(N7[Si](C)(C)c8ccccc8[Si]7(C)C)ccn6)c5c4)c3)c3ccccc32)c([2H])c1[2H]. The first-order chi connectivity index (χ1) is 36.4. The number of nitrogens with zero attached hydrogens (tertiary/aromatic N) is 5. The molecule has 6 nitrogen and oxygen atoms in total. The lowest BCUT2D eigenvalue weighted by molar-refractivity contribution is -0.571. The van der Waals surface area contributed by atoms with Gasteiger partial charge in [0.1, 0.15) is 17.3 Å². The van der Waals surface area contributed by atoms with Crippen LogP contribution in [-0.4, -0.2) is 30.6 Å². The number of anilines is 1. The van der Waals surface area contributed by atoms with Gasteiger partial charge in [0.15, 0.2) is 16.5 Å². The second-order valence-corrected chi connectivity index (χ2v) is 26.1. The van der Waals surface area contributed by atoms with Crippen LogP contribution in [0.1, 0.15) is 13.7 Å². The maximum absolute atomic E-state index is 9.05.